The molecule has 3 fully saturated rings. The van der Waals surface area contributed by atoms with Crippen molar-refractivity contribution in [3.8, 4) is 11.8 Å². The van der Waals surface area contributed by atoms with Crippen LogP contribution in [0.15, 0.2) is 24.3 Å². The SMILES string of the molecule is CC(C)CC#Cc1ccc([C@@H]2[C@H]3CN(C(=O)NC4CCCC4)CCCCN3[C@H]2CO)cc1. The number of nitrogens with one attached hydrogen (secondary N) is 1. The standard InChI is InChI=1S/C27H39N3O2/c1-20(2)8-7-9-21-12-14-22(15-13-21)26-24-18-29(27(32)28-23-10-3-4-11-23)16-5-6-17-30(24)25(26)19-31/h12-15,20,23-26,31H,3-6,8,10-11,16-19H2,1-2H3,(H,28,32)/t24-,25+,26-/m1/s1. The highest BCUT2D eigenvalue weighted by Gasteiger charge is 2.49. The molecule has 1 saturated carbocycles. The van der Waals surface area contributed by atoms with Gasteiger partial charge in [-0.2, -0.15) is 0 Å². The average molecular weight is 438 g/mol. The predicted molar refractivity (Wildman–Crippen MR) is 128 cm³/mol. The van der Waals surface area contributed by atoms with Gasteiger partial charge in [0, 0.05) is 49.1 Å². The fraction of sp³-hybridized carbons (Fsp3) is 0.667. The lowest BCUT2D eigenvalue weighted by molar-refractivity contribution is -0.0591. The summed E-state index contributed by atoms with van der Waals surface area (Å²) in [7, 11) is 0. The normalized spacial score (nSPS) is 26.5. The Morgan fingerprint density at radius 1 is 1.12 bits per heavy atom. The molecule has 0 radical (unpaired) electrons. The first-order chi connectivity index (χ1) is 15.6. The van der Waals surface area contributed by atoms with Crippen LogP contribution in [0.1, 0.15) is 75.8 Å². The van der Waals surface area contributed by atoms with Crippen LogP contribution in [0.3, 0.4) is 0 Å². The van der Waals surface area contributed by atoms with E-state index in [1.54, 1.807) is 0 Å². The lowest BCUT2D eigenvalue weighted by Gasteiger charge is -2.57. The number of aliphatic hydroxyl groups excluding tert-OH is 1. The van der Waals surface area contributed by atoms with E-state index in [1.807, 2.05) is 4.90 Å². The molecule has 2 saturated heterocycles. The van der Waals surface area contributed by atoms with Crippen molar-refractivity contribution < 1.29 is 9.90 Å². The van der Waals surface area contributed by atoms with Gasteiger partial charge in [0.05, 0.1) is 6.61 Å². The van der Waals surface area contributed by atoms with Crippen molar-refractivity contribution in [2.75, 3.05) is 26.2 Å². The van der Waals surface area contributed by atoms with Gasteiger partial charge in [-0.3, -0.25) is 4.90 Å². The molecule has 1 aromatic carbocycles. The van der Waals surface area contributed by atoms with Crippen LogP contribution in [0.25, 0.3) is 0 Å². The van der Waals surface area contributed by atoms with Gasteiger partial charge in [0.15, 0.2) is 0 Å². The van der Waals surface area contributed by atoms with Crippen molar-refractivity contribution in [2.45, 2.75) is 82.8 Å². The summed E-state index contributed by atoms with van der Waals surface area (Å²) in [5, 5.41) is 13.4. The number of urea groups is 1. The maximum atomic E-state index is 13.0. The molecule has 0 aromatic heterocycles. The lowest BCUT2D eigenvalue weighted by atomic mass is 9.74. The fourth-order valence-electron chi connectivity index (χ4n) is 5.61. The number of aliphatic hydroxyl groups is 1. The molecule has 5 nitrogen and oxygen atoms in total. The van der Waals surface area contributed by atoms with Gasteiger partial charge in [0.25, 0.3) is 0 Å². The second-order valence-corrected chi connectivity index (χ2v) is 10.2. The van der Waals surface area contributed by atoms with E-state index >= 15 is 0 Å². The molecule has 5 heteroatoms. The van der Waals surface area contributed by atoms with Crippen molar-refractivity contribution in [2.24, 2.45) is 5.92 Å². The van der Waals surface area contributed by atoms with Crippen LogP contribution < -0.4 is 5.32 Å². The van der Waals surface area contributed by atoms with Crippen molar-refractivity contribution in [1.29, 1.82) is 0 Å². The molecule has 3 aliphatic rings. The average Bonchev–Trinajstić information content (AvgIpc) is 3.26. The Labute approximate surface area is 193 Å². The molecule has 0 unspecified atom stereocenters. The number of nitrogens with zero attached hydrogens (tertiary/aromatic N) is 2. The number of hydrogen-bond acceptors (Lipinski definition) is 3. The molecule has 2 heterocycles. The van der Waals surface area contributed by atoms with E-state index in [4.69, 9.17) is 0 Å². The Morgan fingerprint density at radius 3 is 2.53 bits per heavy atom. The van der Waals surface area contributed by atoms with Gasteiger partial charge in [-0.05, 0) is 55.8 Å². The molecule has 0 spiro atoms. The van der Waals surface area contributed by atoms with Crippen LogP contribution in [0.4, 0.5) is 4.79 Å². The largest absolute Gasteiger partial charge is 0.395 e. The zero-order chi connectivity index (χ0) is 22.5. The van der Waals surface area contributed by atoms with Crippen molar-refractivity contribution in [1.82, 2.24) is 15.1 Å². The first kappa shape index (κ1) is 23.1. The first-order valence-electron chi connectivity index (χ1n) is 12.6. The highest BCUT2D eigenvalue weighted by molar-refractivity contribution is 5.74. The van der Waals surface area contributed by atoms with E-state index in [-0.39, 0.29) is 30.6 Å². The fourth-order valence-corrected chi connectivity index (χ4v) is 5.61. The summed E-state index contributed by atoms with van der Waals surface area (Å²) in [6.07, 6.45) is 7.66. The number of amides is 2. The molecular weight excluding hydrogens is 398 g/mol. The Balaban J connectivity index is 1.46. The van der Waals surface area contributed by atoms with Crippen molar-refractivity contribution in [3.63, 3.8) is 0 Å². The quantitative estimate of drug-likeness (QED) is 0.701. The molecule has 3 atom stereocenters. The summed E-state index contributed by atoms with van der Waals surface area (Å²) in [6, 6.07) is 9.39. The molecule has 1 aliphatic carbocycles. The smallest absolute Gasteiger partial charge is 0.317 e. The number of rotatable bonds is 4. The second-order valence-electron chi connectivity index (χ2n) is 10.2. The molecule has 174 valence electrons. The zero-order valence-corrected chi connectivity index (χ0v) is 19.7. The minimum absolute atomic E-state index is 0.0979. The van der Waals surface area contributed by atoms with E-state index in [1.165, 1.54) is 18.4 Å². The molecule has 2 N–H and O–H groups in total. The third-order valence-electron chi connectivity index (χ3n) is 7.38. The Hall–Kier alpha value is -2.03. The van der Waals surface area contributed by atoms with Crippen molar-refractivity contribution in [3.05, 3.63) is 35.4 Å². The maximum Gasteiger partial charge on any atom is 0.317 e. The Morgan fingerprint density at radius 2 is 1.84 bits per heavy atom. The van der Waals surface area contributed by atoms with Crippen LogP contribution >= 0.6 is 0 Å². The van der Waals surface area contributed by atoms with Gasteiger partial charge < -0.3 is 15.3 Å². The molecular formula is C27H39N3O2. The molecule has 4 rings (SSSR count). The van der Waals surface area contributed by atoms with Crippen LogP contribution in [-0.4, -0.2) is 65.3 Å². The van der Waals surface area contributed by atoms with Crippen LogP contribution in [0.5, 0.6) is 0 Å². The molecule has 0 bridgehead atoms. The van der Waals surface area contributed by atoms with Gasteiger partial charge in [0.2, 0.25) is 0 Å². The van der Waals surface area contributed by atoms with E-state index < -0.39 is 0 Å². The summed E-state index contributed by atoms with van der Waals surface area (Å²) >= 11 is 0. The van der Waals surface area contributed by atoms with E-state index in [0.717, 1.165) is 57.3 Å². The van der Waals surface area contributed by atoms with E-state index in [9.17, 15) is 9.90 Å². The van der Waals surface area contributed by atoms with Crippen molar-refractivity contribution >= 4 is 6.03 Å². The first-order valence-corrected chi connectivity index (χ1v) is 12.6. The summed E-state index contributed by atoms with van der Waals surface area (Å²) in [6.45, 7) is 7.08. The van der Waals surface area contributed by atoms with Gasteiger partial charge in [-0.25, -0.2) is 4.79 Å². The van der Waals surface area contributed by atoms with Gasteiger partial charge >= 0.3 is 6.03 Å². The molecule has 1 aromatic rings. The highest BCUT2D eigenvalue weighted by Crippen LogP contribution is 2.42. The number of carbonyl (C=O) groups excluding carboxylic acids is 1. The summed E-state index contributed by atoms with van der Waals surface area (Å²) < 4.78 is 0. The van der Waals surface area contributed by atoms with E-state index in [2.05, 4.69) is 60.2 Å². The number of benzene rings is 1. The number of fused-ring (bicyclic) bond motifs is 1. The molecule has 2 aliphatic heterocycles. The van der Waals surface area contributed by atoms with Gasteiger partial charge in [-0.1, -0.05) is 50.7 Å². The Bertz CT molecular complexity index is 820. The van der Waals surface area contributed by atoms with Gasteiger partial charge in [-0.15, -0.1) is 0 Å². The Kier molecular flexibility index (Phi) is 7.75. The summed E-state index contributed by atoms with van der Waals surface area (Å²) in [4.78, 5) is 17.5. The lowest BCUT2D eigenvalue weighted by Crippen LogP contribution is -2.68. The topological polar surface area (TPSA) is 55.8 Å². The highest BCUT2D eigenvalue weighted by atomic mass is 16.3. The molecule has 32 heavy (non-hydrogen) atoms. The number of carbonyl (C=O) groups is 1. The van der Waals surface area contributed by atoms with Gasteiger partial charge in [0.1, 0.15) is 0 Å². The predicted octanol–water partition coefficient (Wildman–Crippen LogP) is 3.96. The summed E-state index contributed by atoms with van der Waals surface area (Å²) in [5.74, 6) is 7.35. The monoisotopic (exact) mass is 437 g/mol. The third kappa shape index (κ3) is 5.30. The van der Waals surface area contributed by atoms with Crippen LogP contribution in [-0.2, 0) is 0 Å². The minimum Gasteiger partial charge on any atom is -0.395 e. The van der Waals surface area contributed by atoms with E-state index in [0.29, 0.717) is 12.0 Å². The molecule has 2 amide bonds. The number of hydrogen-bond donors (Lipinski definition) is 2. The maximum absolute atomic E-state index is 13.0. The van der Waals surface area contributed by atoms with Crippen LogP contribution in [0.2, 0.25) is 0 Å². The third-order valence-corrected chi connectivity index (χ3v) is 7.38. The second kappa shape index (κ2) is 10.7. The zero-order valence-electron chi connectivity index (χ0n) is 19.7. The summed E-state index contributed by atoms with van der Waals surface area (Å²) in [5.41, 5.74) is 2.29. The van der Waals surface area contributed by atoms with Crippen LogP contribution in [0, 0.1) is 17.8 Å². The minimum atomic E-state index is 0.0979.